The first-order chi connectivity index (χ1) is 9.28. The van der Waals surface area contributed by atoms with Gasteiger partial charge in [0.15, 0.2) is 0 Å². The molecule has 1 saturated carbocycles. The molecule has 2 aliphatic heterocycles. The predicted molar refractivity (Wildman–Crippen MR) is 77.4 cm³/mol. The van der Waals surface area contributed by atoms with Crippen LogP contribution in [0, 0.1) is 5.92 Å². The van der Waals surface area contributed by atoms with E-state index in [9.17, 15) is 4.79 Å². The van der Waals surface area contributed by atoms with Crippen molar-refractivity contribution in [2.75, 3.05) is 44.8 Å². The zero-order valence-corrected chi connectivity index (χ0v) is 12.5. The maximum absolute atomic E-state index is 12.1. The summed E-state index contributed by atoms with van der Waals surface area (Å²) in [6, 6.07) is 0.439. The summed E-state index contributed by atoms with van der Waals surface area (Å²) >= 11 is 1.62. The third-order valence-electron chi connectivity index (χ3n) is 4.51. The molecule has 1 aliphatic carbocycles. The minimum Gasteiger partial charge on any atom is -0.375 e. The molecule has 0 bridgehead atoms. The molecular weight excluding hydrogens is 260 g/mol. The average molecular weight is 284 g/mol. The second-order valence-corrected chi connectivity index (χ2v) is 6.84. The fourth-order valence-electron chi connectivity index (χ4n) is 3.24. The average Bonchev–Trinajstić information content (AvgIpc) is 3.23. The molecule has 1 amide bonds. The Hall–Kier alpha value is -0.260. The highest BCUT2D eigenvalue weighted by Crippen LogP contribution is 2.32. The Morgan fingerprint density at radius 2 is 2.16 bits per heavy atom. The first-order valence-electron chi connectivity index (χ1n) is 7.40. The van der Waals surface area contributed by atoms with E-state index in [1.165, 1.54) is 19.4 Å². The molecule has 5 heteroatoms. The molecule has 0 aromatic rings. The summed E-state index contributed by atoms with van der Waals surface area (Å²) in [5.74, 6) is 1.82. The fourth-order valence-corrected chi connectivity index (χ4v) is 3.67. The third kappa shape index (κ3) is 3.26. The Labute approximate surface area is 119 Å². The fraction of sp³-hybridized carbons (Fsp3) is 0.929. The summed E-state index contributed by atoms with van der Waals surface area (Å²) in [5, 5.41) is 0. The molecule has 19 heavy (non-hydrogen) atoms. The number of fused-ring (bicyclic) bond motifs is 1. The molecular formula is C14H24N2O2S. The summed E-state index contributed by atoms with van der Waals surface area (Å²) in [5.41, 5.74) is 0. The van der Waals surface area contributed by atoms with Crippen molar-refractivity contribution in [1.82, 2.24) is 9.80 Å². The van der Waals surface area contributed by atoms with Gasteiger partial charge in [0.25, 0.3) is 0 Å². The third-order valence-corrected chi connectivity index (χ3v) is 5.05. The lowest BCUT2D eigenvalue weighted by atomic mass is 9.98. The van der Waals surface area contributed by atoms with Crippen molar-refractivity contribution in [2.45, 2.75) is 31.4 Å². The topological polar surface area (TPSA) is 32.8 Å². The van der Waals surface area contributed by atoms with E-state index in [0.29, 0.717) is 23.8 Å². The molecule has 3 fully saturated rings. The number of thioether (sulfide) groups is 1. The quantitative estimate of drug-likeness (QED) is 0.773. The van der Waals surface area contributed by atoms with Gasteiger partial charge in [-0.2, -0.15) is 11.8 Å². The monoisotopic (exact) mass is 284 g/mol. The maximum Gasteiger partial charge on any atom is 0.232 e. The van der Waals surface area contributed by atoms with E-state index >= 15 is 0 Å². The Morgan fingerprint density at radius 3 is 2.89 bits per heavy atom. The Balaban J connectivity index is 1.61. The number of piperidine rings is 1. The lowest BCUT2D eigenvalue weighted by molar-refractivity contribution is -0.140. The number of rotatable bonds is 4. The van der Waals surface area contributed by atoms with Crippen LogP contribution in [0.15, 0.2) is 0 Å². The van der Waals surface area contributed by atoms with E-state index < -0.39 is 0 Å². The van der Waals surface area contributed by atoms with E-state index in [1.807, 2.05) is 11.2 Å². The standard InChI is InChI=1S/C14H24N2O2S/c1-19-10-14(17)16-5-4-13-12(9-16)15(6-7-18-13)8-11-2-3-11/h11-13H,2-10H2,1H3/t12-,13-/m0/s1. The highest BCUT2D eigenvalue weighted by molar-refractivity contribution is 7.99. The SMILES string of the molecule is CSCC(=O)N1CC[C@@H]2OCCN(CC3CC3)[C@H]2C1. The van der Waals surface area contributed by atoms with E-state index in [-0.39, 0.29) is 0 Å². The van der Waals surface area contributed by atoms with Gasteiger partial charge in [-0.05, 0) is 31.4 Å². The number of likely N-dealkylation sites (tertiary alicyclic amines) is 1. The van der Waals surface area contributed by atoms with Crippen LogP contribution in [0.4, 0.5) is 0 Å². The molecule has 0 radical (unpaired) electrons. The molecule has 108 valence electrons. The van der Waals surface area contributed by atoms with E-state index in [1.54, 1.807) is 11.8 Å². The largest absolute Gasteiger partial charge is 0.375 e. The van der Waals surface area contributed by atoms with Crippen LogP contribution >= 0.6 is 11.8 Å². The van der Waals surface area contributed by atoms with Crippen molar-refractivity contribution >= 4 is 17.7 Å². The number of carbonyl (C=O) groups excluding carboxylic acids is 1. The lowest BCUT2D eigenvalue weighted by Gasteiger charge is -2.47. The molecule has 0 spiro atoms. The molecule has 0 aromatic carbocycles. The number of hydrogen-bond donors (Lipinski definition) is 0. The van der Waals surface area contributed by atoms with Gasteiger partial charge < -0.3 is 9.64 Å². The van der Waals surface area contributed by atoms with Gasteiger partial charge >= 0.3 is 0 Å². The Morgan fingerprint density at radius 1 is 1.32 bits per heavy atom. The first-order valence-corrected chi connectivity index (χ1v) is 8.79. The van der Waals surface area contributed by atoms with E-state index in [0.717, 1.165) is 38.6 Å². The minimum atomic E-state index is 0.294. The molecule has 2 saturated heterocycles. The zero-order valence-electron chi connectivity index (χ0n) is 11.7. The van der Waals surface area contributed by atoms with Crippen LogP contribution in [0.25, 0.3) is 0 Å². The van der Waals surface area contributed by atoms with Gasteiger partial charge in [-0.1, -0.05) is 0 Å². The Kier molecular flexibility index (Phi) is 4.34. The summed E-state index contributed by atoms with van der Waals surface area (Å²) in [7, 11) is 0. The van der Waals surface area contributed by atoms with Gasteiger partial charge in [0.05, 0.1) is 24.5 Å². The second-order valence-electron chi connectivity index (χ2n) is 5.98. The van der Waals surface area contributed by atoms with Gasteiger partial charge in [-0.15, -0.1) is 0 Å². The van der Waals surface area contributed by atoms with Gasteiger partial charge in [0.2, 0.25) is 5.91 Å². The normalized spacial score (nSPS) is 32.2. The first kappa shape index (κ1) is 13.7. The molecule has 4 nitrogen and oxygen atoms in total. The lowest BCUT2D eigenvalue weighted by Crippen LogP contribution is -2.61. The predicted octanol–water partition coefficient (Wildman–Crippen LogP) is 1.06. The van der Waals surface area contributed by atoms with Crippen molar-refractivity contribution < 1.29 is 9.53 Å². The van der Waals surface area contributed by atoms with Crippen LogP contribution in [0.3, 0.4) is 0 Å². The van der Waals surface area contributed by atoms with Crippen LogP contribution in [0.5, 0.6) is 0 Å². The van der Waals surface area contributed by atoms with E-state index in [4.69, 9.17) is 4.74 Å². The highest BCUT2D eigenvalue weighted by Gasteiger charge is 2.39. The molecule has 3 rings (SSSR count). The number of nitrogens with zero attached hydrogens (tertiary/aromatic N) is 2. The van der Waals surface area contributed by atoms with Crippen molar-refractivity contribution in [2.24, 2.45) is 5.92 Å². The van der Waals surface area contributed by atoms with Crippen LogP contribution < -0.4 is 0 Å². The summed E-state index contributed by atoms with van der Waals surface area (Å²) in [4.78, 5) is 16.7. The molecule has 2 atom stereocenters. The summed E-state index contributed by atoms with van der Waals surface area (Å²) in [6.45, 7) is 4.87. The van der Waals surface area contributed by atoms with Gasteiger partial charge in [0, 0.05) is 26.2 Å². The zero-order chi connectivity index (χ0) is 13.2. The number of carbonyl (C=O) groups is 1. The molecule has 3 aliphatic rings. The van der Waals surface area contributed by atoms with Crippen LogP contribution in [0.2, 0.25) is 0 Å². The van der Waals surface area contributed by atoms with Crippen LogP contribution in [0.1, 0.15) is 19.3 Å². The van der Waals surface area contributed by atoms with Crippen LogP contribution in [-0.4, -0.2) is 72.6 Å². The van der Waals surface area contributed by atoms with Gasteiger partial charge in [0.1, 0.15) is 0 Å². The molecule has 0 N–H and O–H groups in total. The number of amides is 1. The number of hydrogen-bond acceptors (Lipinski definition) is 4. The molecule has 2 heterocycles. The summed E-state index contributed by atoms with van der Waals surface area (Å²) in [6.07, 6.45) is 6.14. The molecule has 0 unspecified atom stereocenters. The van der Waals surface area contributed by atoms with Gasteiger partial charge in [-0.25, -0.2) is 0 Å². The number of ether oxygens (including phenoxy) is 1. The minimum absolute atomic E-state index is 0.294. The maximum atomic E-state index is 12.1. The Bertz CT molecular complexity index is 335. The molecule has 0 aromatic heterocycles. The van der Waals surface area contributed by atoms with Crippen molar-refractivity contribution in [3.63, 3.8) is 0 Å². The van der Waals surface area contributed by atoms with E-state index in [2.05, 4.69) is 4.90 Å². The van der Waals surface area contributed by atoms with Gasteiger partial charge in [-0.3, -0.25) is 9.69 Å². The van der Waals surface area contributed by atoms with Crippen LogP contribution in [-0.2, 0) is 9.53 Å². The smallest absolute Gasteiger partial charge is 0.232 e. The van der Waals surface area contributed by atoms with Crippen molar-refractivity contribution in [3.05, 3.63) is 0 Å². The summed E-state index contributed by atoms with van der Waals surface area (Å²) < 4.78 is 5.92. The second kappa shape index (κ2) is 6.02. The van der Waals surface area contributed by atoms with Crippen molar-refractivity contribution in [3.8, 4) is 0 Å². The number of morpholine rings is 1. The van der Waals surface area contributed by atoms with Crippen molar-refractivity contribution in [1.29, 1.82) is 0 Å². The highest BCUT2D eigenvalue weighted by atomic mass is 32.2.